The van der Waals surface area contributed by atoms with Gasteiger partial charge in [0.05, 0.1) is 0 Å². The molecular weight excluding hydrogens is 266 g/mol. The predicted molar refractivity (Wildman–Crippen MR) is 82.6 cm³/mol. The maximum atomic E-state index is 12.7. The van der Waals surface area contributed by atoms with Gasteiger partial charge < -0.3 is 14.4 Å². The first-order valence-electron chi connectivity index (χ1n) is 7.14. The van der Waals surface area contributed by atoms with Crippen molar-refractivity contribution in [2.75, 3.05) is 33.2 Å². The number of benzene rings is 1. The molecule has 0 radical (unpaired) electrons. The second-order valence-corrected chi connectivity index (χ2v) is 5.58. The molecule has 21 heavy (non-hydrogen) atoms. The summed E-state index contributed by atoms with van der Waals surface area (Å²) < 4.78 is 1.46. The largest absolute Gasteiger partial charge is 0.335 e. The van der Waals surface area contributed by atoms with Gasteiger partial charge in [-0.2, -0.15) is 0 Å². The maximum Gasteiger partial charge on any atom is 0.270 e. The van der Waals surface area contributed by atoms with Crippen molar-refractivity contribution in [3.05, 3.63) is 46.4 Å². The number of rotatable bonds is 1. The van der Waals surface area contributed by atoms with Crippen LogP contribution in [0.1, 0.15) is 10.5 Å². The zero-order valence-electron chi connectivity index (χ0n) is 12.4. The number of carbonyl (C=O) groups is 1. The summed E-state index contributed by atoms with van der Waals surface area (Å²) in [6.07, 6.45) is 0. The summed E-state index contributed by atoms with van der Waals surface area (Å²) in [6, 6.07) is 9.20. The first-order chi connectivity index (χ1) is 10.1. The van der Waals surface area contributed by atoms with Crippen LogP contribution in [-0.4, -0.2) is 53.5 Å². The molecule has 0 unspecified atom stereocenters. The van der Waals surface area contributed by atoms with Crippen LogP contribution in [0.4, 0.5) is 0 Å². The van der Waals surface area contributed by atoms with Crippen LogP contribution in [0.25, 0.3) is 10.8 Å². The van der Waals surface area contributed by atoms with Crippen LogP contribution in [0.2, 0.25) is 0 Å². The number of pyridine rings is 1. The van der Waals surface area contributed by atoms with E-state index in [2.05, 4.69) is 4.90 Å². The molecule has 2 aromatic rings. The van der Waals surface area contributed by atoms with Crippen LogP contribution < -0.4 is 5.56 Å². The Bertz CT molecular complexity index is 743. The minimum atomic E-state index is -0.120. The molecule has 1 aromatic carbocycles. The third-order valence-electron chi connectivity index (χ3n) is 4.16. The Balaban J connectivity index is 2.02. The van der Waals surface area contributed by atoms with E-state index in [0.717, 1.165) is 18.5 Å². The Hall–Kier alpha value is -2.14. The Morgan fingerprint density at radius 3 is 2.43 bits per heavy atom. The number of amides is 1. The lowest BCUT2D eigenvalue weighted by molar-refractivity contribution is 0.0653. The topological polar surface area (TPSA) is 45.6 Å². The van der Waals surface area contributed by atoms with E-state index in [9.17, 15) is 9.59 Å². The van der Waals surface area contributed by atoms with E-state index in [1.807, 2.05) is 36.2 Å². The molecule has 0 spiro atoms. The van der Waals surface area contributed by atoms with E-state index in [1.54, 1.807) is 13.1 Å². The predicted octanol–water partition coefficient (Wildman–Crippen LogP) is 0.926. The van der Waals surface area contributed by atoms with Gasteiger partial charge in [-0.05, 0) is 24.6 Å². The van der Waals surface area contributed by atoms with Crippen molar-refractivity contribution in [1.29, 1.82) is 0 Å². The summed E-state index contributed by atoms with van der Waals surface area (Å²) in [5.74, 6) is -0.0616. The number of aromatic nitrogens is 1. The fourth-order valence-corrected chi connectivity index (χ4v) is 2.73. The highest BCUT2D eigenvalue weighted by Crippen LogP contribution is 2.14. The van der Waals surface area contributed by atoms with Crippen LogP contribution in [0.3, 0.4) is 0 Å². The minimum Gasteiger partial charge on any atom is -0.335 e. The summed E-state index contributed by atoms with van der Waals surface area (Å²) in [5.41, 5.74) is 0.342. The van der Waals surface area contributed by atoms with Gasteiger partial charge in [-0.25, -0.2) is 0 Å². The summed E-state index contributed by atoms with van der Waals surface area (Å²) in [6.45, 7) is 3.15. The maximum absolute atomic E-state index is 12.7. The molecule has 5 nitrogen and oxygen atoms in total. The van der Waals surface area contributed by atoms with Crippen molar-refractivity contribution in [1.82, 2.24) is 14.4 Å². The molecule has 1 fully saturated rings. The van der Waals surface area contributed by atoms with Gasteiger partial charge >= 0.3 is 0 Å². The molecule has 1 amide bonds. The van der Waals surface area contributed by atoms with E-state index in [1.165, 1.54) is 4.57 Å². The van der Waals surface area contributed by atoms with Gasteiger partial charge in [-0.1, -0.05) is 18.2 Å². The fraction of sp³-hybridized carbons (Fsp3) is 0.375. The molecule has 5 heteroatoms. The number of hydrogen-bond acceptors (Lipinski definition) is 3. The molecule has 110 valence electrons. The highest BCUT2D eigenvalue weighted by atomic mass is 16.2. The zero-order valence-corrected chi connectivity index (χ0v) is 12.4. The minimum absolute atomic E-state index is 0.0616. The number of likely N-dealkylation sites (N-methyl/N-ethyl adjacent to an activating group) is 1. The highest BCUT2D eigenvalue weighted by Gasteiger charge is 2.22. The van der Waals surface area contributed by atoms with E-state index in [4.69, 9.17) is 0 Å². The molecule has 2 heterocycles. The van der Waals surface area contributed by atoms with E-state index < -0.39 is 0 Å². The van der Waals surface area contributed by atoms with Crippen molar-refractivity contribution in [3.63, 3.8) is 0 Å². The number of nitrogens with zero attached hydrogens (tertiary/aromatic N) is 3. The molecule has 0 aliphatic carbocycles. The van der Waals surface area contributed by atoms with Crippen LogP contribution in [0.5, 0.6) is 0 Å². The van der Waals surface area contributed by atoms with Gasteiger partial charge in [0.1, 0.15) is 5.69 Å². The molecule has 0 N–H and O–H groups in total. The second kappa shape index (κ2) is 5.33. The first-order valence-corrected chi connectivity index (χ1v) is 7.14. The number of hydrogen-bond donors (Lipinski definition) is 0. The third-order valence-corrected chi connectivity index (χ3v) is 4.16. The fourth-order valence-electron chi connectivity index (χ4n) is 2.73. The van der Waals surface area contributed by atoms with E-state index >= 15 is 0 Å². The van der Waals surface area contributed by atoms with Crippen molar-refractivity contribution >= 4 is 16.7 Å². The first kappa shape index (κ1) is 13.8. The molecule has 0 atom stereocenters. The Labute approximate surface area is 123 Å². The van der Waals surface area contributed by atoms with Crippen molar-refractivity contribution in [2.45, 2.75) is 0 Å². The van der Waals surface area contributed by atoms with Crippen LogP contribution in [0.15, 0.2) is 35.1 Å². The summed E-state index contributed by atoms with van der Waals surface area (Å²) in [5, 5.41) is 1.47. The molecule has 0 bridgehead atoms. The summed E-state index contributed by atoms with van der Waals surface area (Å²) >= 11 is 0. The van der Waals surface area contributed by atoms with E-state index in [-0.39, 0.29) is 11.5 Å². The van der Waals surface area contributed by atoms with Crippen LogP contribution in [-0.2, 0) is 7.05 Å². The lowest BCUT2D eigenvalue weighted by atomic mass is 10.1. The van der Waals surface area contributed by atoms with Crippen LogP contribution in [0, 0.1) is 0 Å². The molecule has 0 saturated carbocycles. The zero-order chi connectivity index (χ0) is 15.0. The van der Waals surface area contributed by atoms with Crippen molar-refractivity contribution in [3.8, 4) is 0 Å². The summed E-state index contributed by atoms with van der Waals surface area (Å²) in [7, 11) is 3.71. The smallest absolute Gasteiger partial charge is 0.270 e. The van der Waals surface area contributed by atoms with Crippen molar-refractivity contribution < 1.29 is 4.79 Å². The quantitative estimate of drug-likeness (QED) is 0.783. The molecule has 1 aromatic heterocycles. The lowest BCUT2D eigenvalue weighted by Crippen LogP contribution is -2.48. The van der Waals surface area contributed by atoms with Gasteiger partial charge in [0.25, 0.3) is 11.5 Å². The molecule has 1 aliphatic rings. The number of fused-ring (bicyclic) bond motifs is 1. The number of piperazine rings is 1. The van der Waals surface area contributed by atoms with Crippen LogP contribution >= 0.6 is 0 Å². The summed E-state index contributed by atoms with van der Waals surface area (Å²) in [4.78, 5) is 29.1. The van der Waals surface area contributed by atoms with Gasteiger partial charge in [-0.15, -0.1) is 0 Å². The highest BCUT2D eigenvalue weighted by molar-refractivity contribution is 5.96. The monoisotopic (exact) mass is 285 g/mol. The molecule has 3 rings (SSSR count). The average Bonchev–Trinajstić information content (AvgIpc) is 2.51. The van der Waals surface area contributed by atoms with Gasteiger partial charge in [0, 0.05) is 38.6 Å². The molecular formula is C16H19N3O2. The Morgan fingerprint density at radius 2 is 1.71 bits per heavy atom. The molecule has 1 saturated heterocycles. The van der Waals surface area contributed by atoms with Gasteiger partial charge in [-0.3, -0.25) is 9.59 Å². The average molecular weight is 285 g/mol. The third kappa shape index (κ3) is 2.45. The van der Waals surface area contributed by atoms with Gasteiger partial charge in [0.2, 0.25) is 0 Å². The number of carbonyl (C=O) groups excluding carboxylic acids is 1. The Kier molecular flexibility index (Phi) is 3.51. The van der Waals surface area contributed by atoms with Crippen molar-refractivity contribution in [2.24, 2.45) is 7.05 Å². The second-order valence-electron chi connectivity index (χ2n) is 5.58. The lowest BCUT2D eigenvalue weighted by Gasteiger charge is -2.32. The van der Waals surface area contributed by atoms with Gasteiger partial charge in [0.15, 0.2) is 0 Å². The normalized spacial score (nSPS) is 16.4. The van der Waals surface area contributed by atoms with E-state index in [0.29, 0.717) is 24.2 Å². The SMILES string of the molecule is CN1CCN(C(=O)c2cc3ccccc3c(=O)n2C)CC1. The molecule has 1 aliphatic heterocycles. The Morgan fingerprint density at radius 1 is 1.05 bits per heavy atom. The standard InChI is InChI=1S/C16H19N3O2/c1-17-7-9-19(10-8-17)16(21)14-11-12-5-3-4-6-13(12)15(20)18(14)2/h3-6,11H,7-10H2,1-2H3.